The van der Waals surface area contributed by atoms with E-state index in [9.17, 15) is 35.8 Å². The Labute approximate surface area is 286 Å². The SMILES string of the molecule is CC1(C)/C(=C\C2=C([O-])C(=CC3N(CCCS(=O)(=O)O)c4ccc(Br)cc4C3(C)C)C2=O)N(CCCS(=O)(=O)O)c2ccc(Br)cc21. The van der Waals surface area contributed by atoms with Crippen LogP contribution in [0.2, 0.25) is 0 Å². The van der Waals surface area contributed by atoms with Gasteiger partial charge in [-0.2, -0.15) is 16.8 Å². The van der Waals surface area contributed by atoms with Gasteiger partial charge < -0.3 is 14.9 Å². The molecule has 0 spiro atoms. The largest absolute Gasteiger partial charge is 0.871 e. The minimum absolute atomic E-state index is 0.0231. The van der Waals surface area contributed by atoms with Crippen LogP contribution in [0.5, 0.6) is 0 Å². The smallest absolute Gasteiger partial charge is 0.264 e. The topological polar surface area (TPSA) is 155 Å². The van der Waals surface area contributed by atoms with Gasteiger partial charge in [0.1, 0.15) is 0 Å². The van der Waals surface area contributed by atoms with Crippen molar-refractivity contribution in [1.82, 2.24) is 0 Å². The first kappa shape index (κ1) is 34.8. The van der Waals surface area contributed by atoms with E-state index < -0.39 is 60.2 Å². The number of halogens is 2. The van der Waals surface area contributed by atoms with Crippen molar-refractivity contribution >= 4 is 69.3 Å². The predicted molar refractivity (Wildman–Crippen MR) is 183 cm³/mol. The van der Waals surface area contributed by atoms with Gasteiger partial charge in [0.05, 0.1) is 17.5 Å². The van der Waals surface area contributed by atoms with Gasteiger partial charge >= 0.3 is 0 Å². The van der Waals surface area contributed by atoms with Crippen molar-refractivity contribution < 1.29 is 35.8 Å². The molecular weight excluding hydrogens is 764 g/mol. The molecule has 2 aromatic carbocycles. The lowest BCUT2D eigenvalue weighted by molar-refractivity contribution is -0.300. The molecule has 2 aromatic rings. The third-order valence-electron chi connectivity index (χ3n) is 9.06. The van der Waals surface area contributed by atoms with Crippen LogP contribution in [0.25, 0.3) is 0 Å². The van der Waals surface area contributed by atoms with Crippen molar-refractivity contribution in [2.75, 3.05) is 34.4 Å². The number of rotatable bonds is 10. The van der Waals surface area contributed by atoms with Crippen LogP contribution < -0.4 is 14.9 Å². The fourth-order valence-electron chi connectivity index (χ4n) is 6.71. The van der Waals surface area contributed by atoms with Crippen molar-refractivity contribution in [2.24, 2.45) is 0 Å². The molecule has 0 amide bonds. The van der Waals surface area contributed by atoms with Crippen LogP contribution in [0, 0.1) is 0 Å². The summed E-state index contributed by atoms with van der Waals surface area (Å²) in [5.41, 5.74) is 3.14. The van der Waals surface area contributed by atoms with Crippen LogP contribution >= 0.6 is 31.9 Å². The monoisotopic (exact) mass is 797 g/mol. The average Bonchev–Trinajstić information content (AvgIpc) is 3.26. The number of ketones is 1. The molecule has 1 aliphatic carbocycles. The van der Waals surface area contributed by atoms with E-state index in [0.717, 1.165) is 31.4 Å². The number of nitrogens with zero attached hydrogens (tertiary/aromatic N) is 2. The molecule has 0 fully saturated rings. The van der Waals surface area contributed by atoms with Gasteiger partial charge in [-0.25, -0.2) is 0 Å². The zero-order valence-electron chi connectivity index (χ0n) is 25.7. The highest BCUT2D eigenvalue weighted by Crippen LogP contribution is 2.51. The molecule has 0 saturated carbocycles. The number of anilines is 2. The lowest BCUT2D eigenvalue weighted by atomic mass is 9.76. The molecule has 0 saturated heterocycles. The molecule has 10 nitrogen and oxygen atoms in total. The van der Waals surface area contributed by atoms with Crippen molar-refractivity contribution in [3.05, 3.63) is 91.2 Å². The molecule has 2 heterocycles. The standard InChI is InChI=1S/C32H36Br2N2O8S2/c1-31(2)23-15-19(33)7-9-25(23)35(11-5-13-45(39,40)41)27(31)17-21-29(37)22(30(21)38)18-28-32(3,4)24-16-20(34)8-10-26(24)36(28)12-6-14-46(42,43)44/h7-10,15-18,27,37H,5-6,11-14H2,1-4H3,(H,39,40,41)(H,42,43,44)/p-1/b21-17?,28-18+. The van der Waals surface area contributed by atoms with Gasteiger partial charge in [0.15, 0.2) is 5.78 Å². The van der Waals surface area contributed by atoms with E-state index in [1.165, 1.54) is 0 Å². The molecule has 0 radical (unpaired) electrons. The summed E-state index contributed by atoms with van der Waals surface area (Å²) in [6, 6.07) is 11.0. The maximum Gasteiger partial charge on any atom is 0.264 e. The summed E-state index contributed by atoms with van der Waals surface area (Å²) in [6.45, 7) is 8.46. The Balaban J connectivity index is 1.52. The summed E-state index contributed by atoms with van der Waals surface area (Å²) < 4.78 is 66.1. The minimum Gasteiger partial charge on any atom is -0.871 e. The fourth-order valence-corrected chi connectivity index (χ4v) is 8.42. The number of fused-ring (bicyclic) bond motifs is 2. The zero-order chi connectivity index (χ0) is 34.0. The summed E-state index contributed by atoms with van der Waals surface area (Å²) in [5.74, 6) is -1.66. The van der Waals surface area contributed by atoms with Gasteiger partial charge in [0, 0.05) is 61.1 Å². The maximum atomic E-state index is 13.7. The van der Waals surface area contributed by atoms with E-state index in [-0.39, 0.29) is 37.1 Å². The quantitative estimate of drug-likeness (QED) is 0.247. The molecule has 1 unspecified atom stereocenters. The lowest BCUT2D eigenvalue weighted by Crippen LogP contribution is -2.43. The van der Waals surface area contributed by atoms with E-state index in [1.807, 2.05) is 73.9 Å². The molecular formula is C32H35Br2N2O8S2-. The van der Waals surface area contributed by atoms with Crippen LogP contribution in [-0.4, -0.2) is 62.4 Å². The Kier molecular flexibility index (Phi) is 9.23. The molecule has 0 aromatic heterocycles. The number of benzene rings is 2. The van der Waals surface area contributed by atoms with Crippen molar-refractivity contribution in [3.63, 3.8) is 0 Å². The van der Waals surface area contributed by atoms with Crippen LogP contribution in [0.1, 0.15) is 51.7 Å². The van der Waals surface area contributed by atoms with Gasteiger partial charge in [-0.1, -0.05) is 71.4 Å². The highest BCUT2D eigenvalue weighted by Gasteiger charge is 2.45. The van der Waals surface area contributed by atoms with Gasteiger partial charge in [0.25, 0.3) is 20.2 Å². The van der Waals surface area contributed by atoms with Crippen molar-refractivity contribution in [3.8, 4) is 0 Å². The van der Waals surface area contributed by atoms with E-state index in [0.29, 0.717) is 5.70 Å². The van der Waals surface area contributed by atoms with E-state index >= 15 is 0 Å². The number of hydrogen-bond acceptors (Lipinski definition) is 8. The Morgan fingerprint density at radius 1 is 0.870 bits per heavy atom. The normalized spacial score (nSPS) is 22.1. The molecule has 248 valence electrons. The summed E-state index contributed by atoms with van der Waals surface area (Å²) in [4.78, 5) is 17.6. The minimum atomic E-state index is -4.17. The maximum absolute atomic E-state index is 13.7. The van der Waals surface area contributed by atoms with Gasteiger partial charge in [-0.05, 0) is 66.4 Å². The molecule has 2 N–H and O–H groups in total. The third-order valence-corrected chi connectivity index (χ3v) is 11.7. The zero-order valence-corrected chi connectivity index (χ0v) is 30.6. The second kappa shape index (κ2) is 12.2. The Morgan fingerprint density at radius 3 is 1.98 bits per heavy atom. The molecule has 3 aliphatic rings. The van der Waals surface area contributed by atoms with E-state index in [2.05, 4.69) is 31.9 Å². The average molecular weight is 800 g/mol. The molecule has 5 rings (SSSR count). The van der Waals surface area contributed by atoms with Gasteiger partial charge in [-0.3, -0.25) is 13.9 Å². The Bertz CT molecular complexity index is 1930. The van der Waals surface area contributed by atoms with Gasteiger partial charge in [-0.15, -0.1) is 0 Å². The number of hydrogen-bond donors (Lipinski definition) is 2. The summed E-state index contributed by atoms with van der Waals surface area (Å²) in [7, 11) is -8.34. The summed E-state index contributed by atoms with van der Waals surface area (Å²) >= 11 is 7.03. The van der Waals surface area contributed by atoms with Crippen LogP contribution in [0.3, 0.4) is 0 Å². The highest BCUT2D eigenvalue weighted by molar-refractivity contribution is 9.10. The van der Waals surface area contributed by atoms with E-state index in [1.54, 1.807) is 12.2 Å². The Hall–Kier alpha value is -2.49. The highest BCUT2D eigenvalue weighted by atomic mass is 79.9. The molecule has 2 aliphatic heterocycles. The second-order valence-corrected chi connectivity index (χ2v) is 17.9. The first-order valence-electron chi connectivity index (χ1n) is 14.7. The molecule has 1 atom stereocenters. The number of carbonyl (C=O) groups excluding carboxylic acids is 1. The first-order chi connectivity index (χ1) is 21.2. The number of carbonyl (C=O) groups is 1. The number of Topliss-reactive ketones (excluding diaryl/α,β-unsaturated/α-hetero) is 1. The number of allylic oxidation sites excluding steroid dienone is 4. The third kappa shape index (κ3) is 6.61. The van der Waals surface area contributed by atoms with E-state index in [4.69, 9.17) is 0 Å². The van der Waals surface area contributed by atoms with Crippen LogP contribution in [0.15, 0.2) is 80.1 Å². The van der Waals surface area contributed by atoms with Crippen LogP contribution in [0.4, 0.5) is 11.4 Å². The Morgan fingerprint density at radius 2 is 1.41 bits per heavy atom. The summed E-state index contributed by atoms with van der Waals surface area (Å²) in [5, 5.41) is 13.7. The fraction of sp³-hybridized carbons (Fsp3) is 0.406. The molecule has 0 bridgehead atoms. The lowest BCUT2D eigenvalue weighted by Gasteiger charge is -2.37. The second-order valence-electron chi connectivity index (χ2n) is 12.9. The predicted octanol–water partition coefficient (Wildman–Crippen LogP) is 5.04. The molecule has 14 heteroatoms. The van der Waals surface area contributed by atoms with Crippen LogP contribution in [-0.2, 0) is 35.9 Å². The first-order valence-corrected chi connectivity index (χ1v) is 19.5. The molecule has 46 heavy (non-hydrogen) atoms. The van der Waals surface area contributed by atoms with Crippen molar-refractivity contribution in [1.29, 1.82) is 0 Å². The van der Waals surface area contributed by atoms with Crippen molar-refractivity contribution in [2.45, 2.75) is 57.4 Å². The summed E-state index contributed by atoms with van der Waals surface area (Å²) in [6.07, 6.45) is 3.54. The van der Waals surface area contributed by atoms with Gasteiger partial charge in [0.2, 0.25) is 0 Å².